The third kappa shape index (κ3) is 2.52. The first-order valence-electron chi connectivity index (χ1n) is 5.92. The van der Waals surface area contributed by atoms with Gasteiger partial charge in [-0.25, -0.2) is 9.18 Å². The molecule has 19 heavy (non-hydrogen) atoms. The smallest absolute Gasteiger partial charge is 0.326 e. The van der Waals surface area contributed by atoms with Crippen LogP contribution in [0.3, 0.4) is 0 Å². The largest absolute Gasteiger partial charge is 0.497 e. The molecular formula is C13H14FNO4. The summed E-state index contributed by atoms with van der Waals surface area (Å²) in [6.07, 6.45) is 1.01. The molecule has 1 saturated heterocycles. The van der Waals surface area contributed by atoms with Crippen LogP contribution in [0.15, 0.2) is 18.2 Å². The number of carboxylic acid groups (broad SMARTS) is 1. The van der Waals surface area contributed by atoms with Crippen LogP contribution in [0.5, 0.6) is 5.75 Å². The molecule has 1 atom stereocenters. The summed E-state index contributed by atoms with van der Waals surface area (Å²) < 4.78 is 18.6. The lowest BCUT2D eigenvalue weighted by atomic mass is 10.1. The van der Waals surface area contributed by atoms with Gasteiger partial charge in [0.05, 0.1) is 12.7 Å². The molecule has 1 N–H and O–H groups in total. The standard InChI is InChI=1S/C13H14FNO4/c1-19-8-4-5-9(10(14)7-8)12(16)15-6-2-3-11(15)13(17)18/h4-5,7,11H,2-3,6H2,1H3,(H,17,18). The number of methoxy groups -OCH3 is 1. The second kappa shape index (κ2) is 5.26. The van der Waals surface area contributed by atoms with Gasteiger partial charge in [-0.3, -0.25) is 4.79 Å². The molecular weight excluding hydrogens is 253 g/mol. The number of carboxylic acids is 1. The van der Waals surface area contributed by atoms with Gasteiger partial charge in [0.25, 0.3) is 5.91 Å². The van der Waals surface area contributed by atoms with Gasteiger partial charge in [-0.2, -0.15) is 0 Å². The summed E-state index contributed by atoms with van der Waals surface area (Å²) >= 11 is 0. The van der Waals surface area contributed by atoms with Gasteiger partial charge in [-0.05, 0) is 25.0 Å². The first-order chi connectivity index (χ1) is 9.04. The zero-order valence-corrected chi connectivity index (χ0v) is 10.4. The minimum Gasteiger partial charge on any atom is -0.497 e. The summed E-state index contributed by atoms with van der Waals surface area (Å²) in [5.41, 5.74) is -0.131. The van der Waals surface area contributed by atoms with Gasteiger partial charge in [-0.1, -0.05) is 0 Å². The average Bonchev–Trinajstić information content (AvgIpc) is 2.87. The fourth-order valence-corrected chi connectivity index (χ4v) is 2.22. The fraction of sp³-hybridized carbons (Fsp3) is 0.385. The molecule has 5 nitrogen and oxygen atoms in total. The summed E-state index contributed by atoms with van der Waals surface area (Å²) in [4.78, 5) is 24.4. The summed E-state index contributed by atoms with van der Waals surface area (Å²) in [5.74, 6) is -2.05. The zero-order chi connectivity index (χ0) is 14.0. The summed E-state index contributed by atoms with van der Waals surface area (Å²) in [5, 5.41) is 9.02. The van der Waals surface area contributed by atoms with Crippen LogP contribution in [0.1, 0.15) is 23.2 Å². The number of halogens is 1. The number of nitrogens with zero attached hydrogens (tertiary/aromatic N) is 1. The van der Waals surface area contributed by atoms with Crippen LogP contribution in [0.4, 0.5) is 4.39 Å². The Hall–Kier alpha value is -2.11. The quantitative estimate of drug-likeness (QED) is 0.901. The molecule has 0 bridgehead atoms. The molecule has 0 radical (unpaired) electrons. The van der Waals surface area contributed by atoms with Crippen LogP contribution in [0.25, 0.3) is 0 Å². The van der Waals surface area contributed by atoms with Gasteiger partial charge in [0, 0.05) is 12.6 Å². The van der Waals surface area contributed by atoms with E-state index in [0.717, 1.165) is 6.07 Å². The minimum atomic E-state index is -1.06. The predicted molar refractivity (Wildman–Crippen MR) is 64.6 cm³/mol. The Labute approximate surface area is 109 Å². The first-order valence-corrected chi connectivity index (χ1v) is 5.92. The van der Waals surface area contributed by atoms with Crippen LogP contribution < -0.4 is 4.74 Å². The van der Waals surface area contributed by atoms with Crippen molar-refractivity contribution in [1.29, 1.82) is 0 Å². The van der Waals surface area contributed by atoms with Crippen molar-refractivity contribution in [2.45, 2.75) is 18.9 Å². The van der Waals surface area contributed by atoms with E-state index in [1.54, 1.807) is 0 Å². The van der Waals surface area contributed by atoms with E-state index in [1.807, 2.05) is 0 Å². The highest BCUT2D eigenvalue weighted by molar-refractivity contribution is 5.97. The molecule has 0 saturated carbocycles. The first kappa shape index (κ1) is 13.3. The maximum absolute atomic E-state index is 13.8. The highest BCUT2D eigenvalue weighted by Crippen LogP contribution is 2.23. The monoisotopic (exact) mass is 267 g/mol. The molecule has 2 rings (SSSR count). The van der Waals surface area contributed by atoms with Crippen molar-refractivity contribution in [3.8, 4) is 5.75 Å². The number of hydrogen-bond acceptors (Lipinski definition) is 3. The second-order valence-corrected chi connectivity index (χ2v) is 4.34. The number of carbonyl (C=O) groups excluding carboxylic acids is 1. The minimum absolute atomic E-state index is 0.131. The Morgan fingerprint density at radius 2 is 2.21 bits per heavy atom. The number of likely N-dealkylation sites (tertiary alicyclic amines) is 1. The Balaban J connectivity index is 2.26. The van der Waals surface area contributed by atoms with E-state index >= 15 is 0 Å². The molecule has 0 spiro atoms. The van der Waals surface area contributed by atoms with Gasteiger partial charge < -0.3 is 14.7 Å². The van der Waals surface area contributed by atoms with Crippen molar-refractivity contribution < 1.29 is 23.8 Å². The molecule has 1 aliphatic heterocycles. The molecule has 0 aromatic heterocycles. The van der Waals surface area contributed by atoms with Crippen molar-refractivity contribution in [2.24, 2.45) is 0 Å². The highest BCUT2D eigenvalue weighted by Gasteiger charge is 2.35. The van der Waals surface area contributed by atoms with Gasteiger partial charge in [0.1, 0.15) is 17.6 Å². The lowest BCUT2D eigenvalue weighted by Crippen LogP contribution is -2.40. The van der Waals surface area contributed by atoms with Crippen molar-refractivity contribution in [1.82, 2.24) is 4.90 Å². The summed E-state index contributed by atoms with van der Waals surface area (Å²) in [7, 11) is 1.40. The van der Waals surface area contributed by atoms with Crippen molar-refractivity contribution in [2.75, 3.05) is 13.7 Å². The average molecular weight is 267 g/mol. The number of benzene rings is 1. The SMILES string of the molecule is COc1ccc(C(=O)N2CCCC2C(=O)O)c(F)c1. The number of aliphatic carboxylic acids is 1. The third-order valence-electron chi connectivity index (χ3n) is 3.21. The maximum Gasteiger partial charge on any atom is 0.326 e. The van der Waals surface area contributed by atoms with Crippen molar-refractivity contribution in [3.63, 3.8) is 0 Å². The topological polar surface area (TPSA) is 66.8 Å². The summed E-state index contributed by atoms with van der Waals surface area (Å²) in [6, 6.07) is 3.03. The third-order valence-corrected chi connectivity index (χ3v) is 3.21. The van der Waals surface area contributed by atoms with E-state index in [-0.39, 0.29) is 5.56 Å². The van der Waals surface area contributed by atoms with Gasteiger partial charge in [0.2, 0.25) is 0 Å². The Bertz CT molecular complexity index is 517. The van der Waals surface area contributed by atoms with Crippen LogP contribution in [0, 0.1) is 5.82 Å². The maximum atomic E-state index is 13.8. The molecule has 1 aromatic carbocycles. The Morgan fingerprint density at radius 3 is 2.79 bits per heavy atom. The lowest BCUT2D eigenvalue weighted by Gasteiger charge is -2.21. The van der Waals surface area contributed by atoms with Crippen LogP contribution in [-0.4, -0.2) is 41.6 Å². The normalized spacial score (nSPS) is 18.4. The fourth-order valence-electron chi connectivity index (χ4n) is 2.22. The van der Waals surface area contributed by atoms with E-state index in [9.17, 15) is 14.0 Å². The van der Waals surface area contributed by atoms with E-state index in [0.29, 0.717) is 25.1 Å². The van der Waals surface area contributed by atoms with Crippen LogP contribution in [-0.2, 0) is 4.79 Å². The lowest BCUT2D eigenvalue weighted by molar-refractivity contribution is -0.141. The molecule has 1 aromatic rings. The van der Waals surface area contributed by atoms with E-state index < -0.39 is 23.7 Å². The molecule has 102 valence electrons. The number of rotatable bonds is 3. The van der Waals surface area contributed by atoms with Crippen LogP contribution in [0.2, 0.25) is 0 Å². The Kier molecular flexibility index (Phi) is 3.69. The Morgan fingerprint density at radius 1 is 1.47 bits per heavy atom. The van der Waals surface area contributed by atoms with Crippen molar-refractivity contribution in [3.05, 3.63) is 29.6 Å². The molecule has 1 heterocycles. The van der Waals surface area contributed by atoms with Gasteiger partial charge >= 0.3 is 5.97 Å². The van der Waals surface area contributed by atoms with E-state index in [2.05, 4.69) is 0 Å². The summed E-state index contributed by atoms with van der Waals surface area (Å²) in [6.45, 7) is 0.335. The number of ether oxygens (including phenoxy) is 1. The van der Waals surface area contributed by atoms with E-state index in [1.165, 1.54) is 24.1 Å². The van der Waals surface area contributed by atoms with E-state index in [4.69, 9.17) is 9.84 Å². The van der Waals surface area contributed by atoms with Gasteiger partial charge in [-0.15, -0.1) is 0 Å². The van der Waals surface area contributed by atoms with Crippen molar-refractivity contribution >= 4 is 11.9 Å². The second-order valence-electron chi connectivity index (χ2n) is 4.34. The molecule has 6 heteroatoms. The van der Waals surface area contributed by atoms with Gasteiger partial charge in [0.15, 0.2) is 0 Å². The number of hydrogen-bond donors (Lipinski definition) is 1. The molecule has 1 fully saturated rings. The molecule has 0 aliphatic carbocycles. The molecule has 1 unspecified atom stereocenters. The highest BCUT2D eigenvalue weighted by atomic mass is 19.1. The zero-order valence-electron chi connectivity index (χ0n) is 10.4. The number of amides is 1. The number of carbonyl (C=O) groups is 2. The predicted octanol–water partition coefficient (Wildman–Crippen LogP) is 1.52. The van der Waals surface area contributed by atoms with Crippen LogP contribution >= 0.6 is 0 Å². The molecule has 1 aliphatic rings. The molecule has 1 amide bonds.